The molecule has 1 aromatic carbocycles. The second-order valence-corrected chi connectivity index (χ2v) is 5.32. The molecule has 1 aliphatic heterocycles. The lowest BCUT2D eigenvalue weighted by Crippen LogP contribution is -2.05. The first-order chi connectivity index (χ1) is 7.38. The van der Waals surface area contributed by atoms with Gasteiger partial charge in [0, 0.05) is 21.1 Å². The van der Waals surface area contributed by atoms with Crippen LogP contribution in [0.3, 0.4) is 0 Å². The lowest BCUT2D eigenvalue weighted by Gasteiger charge is -2.13. The number of nitrogens with one attached hydrogen (secondary N) is 1. The normalized spacial score (nSPS) is 13.1. The Hall–Kier alpha value is -1.04. The summed E-state index contributed by atoms with van der Waals surface area (Å²) >= 11 is 3.49. The van der Waals surface area contributed by atoms with Gasteiger partial charge in [-0.25, -0.2) is 10.8 Å². The van der Waals surface area contributed by atoms with Crippen LogP contribution < -0.4 is 11.3 Å². The molecule has 0 amide bonds. The molecule has 1 aromatic heterocycles. The van der Waals surface area contributed by atoms with Crippen LogP contribution in [0, 0.1) is 0 Å². The van der Waals surface area contributed by atoms with E-state index >= 15 is 0 Å². The molecule has 0 fully saturated rings. The van der Waals surface area contributed by atoms with E-state index in [2.05, 4.69) is 28.6 Å². The van der Waals surface area contributed by atoms with E-state index in [1.165, 1.54) is 15.3 Å². The predicted molar refractivity (Wildman–Crippen MR) is 64.9 cm³/mol. The summed E-state index contributed by atoms with van der Waals surface area (Å²) in [6, 6.07) is 8.35. The van der Waals surface area contributed by atoms with Gasteiger partial charge >= 0.3 is 0 Å². The number of thiazole rings is 1. The van der Waals surface area contributed by atoms with Crippen LogP contribution in [0.2, 0.25) is 0 Å². The first kappa shape index (κ1) is 9.21. The summed E-state index contributed by atoms with van der Waals surface area (Å²) in [6.07, 6.45) is 0. The van der Waals surface area contributed by atoms with Crippen molar-refractivity contribution in [2.45, 2.75) is 10.6 Å². The minimum Gasteiger partial charge on any atom is -0.300 e. The highest BCUT2D eigenvalue weighted by Crippen LogP contribution is 2.44. The maximum absolute atomic E-state index is 5.37. The van der Waals surface area contributed by atoms with Crippen molar-refractivity contribution in [1.82, 2.24) is 4.98 Å². The van der Waals surface area contributed by atoms with Gasteiger partial charge in [0.15, 0.2) is 5.13 Å². The van der Waals surface area contributed by atoms with Crippen LogP contribution in [0.15, 0.2) is 29.2 Å². The highest BCUT2D eigenvalue weighted by atomic mass is 32.2. The van der Waals surface area contributed by atoms with Crippen molar-refractivity contribution in [1.29, 1.82) is 0 Å². The van der Waals surface area contributed by atoms with Crippen LogP contribution in [0.1, 0.15) is 4.88 Å². The summed E-state index contributed by atoms with van der Waals surface area (Å²) in [7, 11) is 0. The molecular formula is C10H9N3S2. The fourth-order valence-electron chi connectivity index (χ4n) is 1.65. The first-order valence-electron chi connectivity index (χ1n) is 4.57. The van der Waals surface area contributed by atoms with Gasteiger partial charge in [0.25, 0.3) is 0 Å². The topological polar surface area (TPSA) is 50.9 Å². The molecule has 5 heteroatoms. The van der Waals surface area contributed by atoms with Crippen LogP contribution in [0.25, 0.3) is 11.3 Å². The molecule has 0 atom stereocenters. The highest BCUT2D eigenvalue weighted by molar-refractivity contribution is 7.98. The van der Waals surface area contributed by atoms with Gasteiger partial charge in [0.05, 0.1) is 5.69 Å². The molecule has 0 saturated heterocycles. The van der Waals surface area contributed by atoms with Crippen LogP contribution in [-0.2, 0) is 5.75 Å². The number of nitrogens with two attached hydrogens (primary N) is 1. The molecular weight excluding hydrogens is 226 g/mol. The number of thioether (sulfide) groups is 1. The zero-order valence-electron chi connectivity index (χ0n) is 7.86. The molecule has 76 valence electrons. The summed E-state index contributed by atoms with van der Waals surface area (Å²) in [6.45, 7) is 0. The van der Waals surface area contributed by atoms with E-state index in [-0.39, 0.29) is 0 Å². The number of hydrogen-bond donors (Lipinski definition) is 2. The van der Waals surface area contributed by atoms with Crippen molar-refractivity contribution in [2.75, 3.05) is 5.43 Å². The van der Waals surface area contributed by atoms with Crippen LogP contribution in [-0.4, -0.2) is 4.98 Å². The molecule has 0 aliphatic carbocycles. The van der Waals surface area contributed by atoms with Gasteiger partial charge < -0.3 is 0 Å². The van der Waals surface area contributed by atoms with E-state index in [0.29, 0.717) is 0 Å². The van der Waals surface area contributed by atoms with Gasteiger partial charge in [-0.3, -0.25) is 5.43 Å². The number of nitrogen functional groups attached to an aromatic ring is 1. The molecule has 0 bridgehead atoms. The Labute approximate surface area is 95.7 Å². The molecule has 0 radical (unpaired) electrons. The lowest BCUT2D eigenvalue weighted by atomic mass is 10.1. The third-order valence-corrected chi connectivity index (χ3v) is 4.59. The van der Waals surface area contributed by atoms with Gasteiger partial charge in [-0.05, 0) is 6.07 Å². The van der Waals surface area contributed by atoms with Gasteiger partial charge in [0.1, 0.15) is 0 Å². The van der Waals surface area contributed by atoms with Crippen molar-refractivity contribution >= 4 is 28.2 Å². The standard InChI is InChI=1S/C10H9N3S2/c11-13-10-12-9-6-3-1-2-4-7(6)14-5-8(9)15-10/h1-4H,5,11H2,(H,12,13). The number of nitrogens with zero attached hydrogens (tertiary/aromatic N) is 1. The summed E-state index contributed by atoms with van der Waals surface area (Å²) in [4.78, 5) is 7.08. The average molecular weight is 235 g/mol. The van der Waals surface area contributed by atoms with E-state index in [1.54, 1.807) is 11.3 Å². The van der Waals surface area contributed by atoms with Gasteiger partial charge in [-0.15, -0.1) is 11.8 Å². The van der Waals surface area contributed by atoms with Crippen molar-refractivity contribution in [3.05, 3.63) is 29.1 Å². The maximum Gasteiger partial charge on any atom is 0.197 e. The Bertz CT molecular complexity index is 507. The molecule has 1 aliphatic rings. The fourth-order valence-corrected chi connectivity index (χ4v) is 3.67. The molecule has 2 heterocycles. The Morgan fingerprint density at radius 1 is 1.33 bits per heavy atom. The quantitative estimate of drug-likeness (QED) is 0.589. The van der Waals surface area contributed by atoms with E-state index in [0.717, 1.165) is 16.6 Å². The summed E-state index contributed by atoms with van der Waals surface area (Å²) in [5.74, 6) is 6.36. The SMILES string of the molecule is NNc1nc2c(s1)CSc1ccccc1-2. The van der Waals surface area contributed by atoms with Crippen LogP contribution in [0.4, 0.5) is 5.13 Å². The number of hydrazine groups is 1. The number of aromatic nitrogens is 1. The number of anilines is 1. The first-order valence-corrected chi connectivity index (χ1v) is 6.37. The van der Waals surface area contributed by atoms with E-state index in [4.69, 9.17) is 5.84 Å². The monoisotopic (exact) mass is 235 g/mol. The maximum atomic E-state index is 5.37. The minimum atomic E-state index is 0.789. The number of benzene rings is 1. The molecule has 3 nitrogen and oxygen atoms in total. The van der Waals surface area contributed by atoms with E-state index < -0.39 is 0 Å². The van der Waals surface area contributed by atoms with E-state index in [1.807, 2.05) is 17.8 Å². The van der Waals surface area contributed by atoms with Crippen LogP contribution in [0.5, 0.6) is 0 Å². The number of fused-ring (bicyclic) bond motifs is 3. The van der Waals surface area contributed by atoms with Gasteiger partial charge in [0.2, 0.25) is 0 Å². The molecule has 0 spiro atoms. The number of hydrogen-bond acceptors (Lipinski definition) is 5. The van der Waals surface area contributed by atoms with Crippen LogP contribution >= 0.6 is 23.1 Å². The summed E-state index contributed by atoms with van der Waals surface area (Å²) in [5, 5.41) is 0.789. The zero-order chi connectivity index (χ0) is 10.3. The van der Waals surface area contributed by atoms with E-state index in [9.17, 15) is 0 Å². The second kappa shape index (κ2) is 3.52. The average Bonchev–Trinajstić information content (AvgIpc) is 2.72. The zero-order valence-corrected chi connectivity index (χ0v) is 9.49. The lowest BCUT2D eigenvalue weighted by molar-refractivity contribution is 1.25. The molecule has 2 aromatic rings. The molecule has 15 heavy (non-hydrogen) atoms. The van der Waals surface area contributed by atoms with Gasteiger partial charge in [-0.2, -0.15) is 0 Å². The Morgan fingerprint density at radius 3 is 3.07 bits per heavy atom. The number of rotatable bonds is 1. The molecule has 3 rings (SSSR count). The summed E-state index contributed by atoms with van der Waals surface area (Å²) in [5.41, 5.74) is 4.92. The smallest absolute Gasteiger partial charge is 0.197 e. The highest BCUT2D eigenvalue weighted by Gasteiger charge is 2.20. The fraction of sp³-hybridized carbons (Fsp3) is 0.100. The third kappa shape index (κ3) is 1.43. The Morgan fingerprint density at radius 2 is 2.20 bits per heavy atom. The third-order valence-electron chi connectivity index (χ3n) is 2.32. The van der Waals surface area contributed by atoms with Crippen molar-refractivity contribution in [3.63, 3.8) is 0 Å². The second-order valence-electron chi connectivity index (χ2n) is 3.22. The van der Waals surface area contributed by atoms with Crippen molar-refractivity contribution < 1.29 is 0 Å². The van der Waals surface area contributed by atoms with Crippen molar-refractivity contribution in [2.24, 2.45) is 5.84 Å². The van der Waals surface area contributed by atoms with Gasteiger partial charge in [-0.1, -0.05) is 29.5 Å². The predicted octanol–water partition coefficient (Wildman–Crippen LogP) is 2.70. The molecule has 0 saturated carbocycles. The van der Waals surface area contributed by atoms with Crippen molar-refractivity contribution in [3.8, 4) is 11.3 Å². The Kier molecular flexibility index (Phi) is 2.16. The summed E-state index contributed by atoms with van der Waals surface area (Å²) < 4.78 is 0. The molecule has 3 N–H and O–H groups in total. The Balaban J connectivity index is 2.20. The minimum absolute atomic E-state index is 0.789. The largest absolute Gasteiger partial charge is 0.300 e. The molecule has 0 unspecified atom stereocenters.